The molecule has 0 aromatic rings. The van der Waals surface area contributed by atoms with Crippen LogP contribution in [-0.2, 0) is 9.47 Å². The first kappa shape index (κ1) is 15.9. The molecule has 1 fully saturated rings. The molecule has 1 heterocycles. The Balaban J connectivity index is 2.29. The van der Waals surface area contributed by atoms with E-state index in [-0.39, 0.29) is 0 Å². The molecule has 2 unspecified atom stereocenters. The Hall–Kier alpha value is -0.120. The first-order valence-corrected chi connectivity index (χ1v) is 7.28. The summed E-state index contributed by atoms with van der Waals surface area (Å²) in [6.45, 7) is 11.9. The van der Waals surface area contributed by atoms with Crippen LogP contribution >= 0.6 is 0 Å². The Morgan fingerprint density at radius 1 is 1.39 bits per heavy atom. The summed E-state index contributed by atoms with van der Waals surface area (Å²) >= 11 is 0. The van der Waals surface area contributed by atoms with Gasteiger partial charge in [-0.3, -0.25) is 0 Å². The van der Waals surface area contributed by atoms with E-state index in [0.29, 0.717) is 23.5 Å². The molecule has 1 aliphatic rings. The van der Waals surface area contributed by atoms with E-state index in [2.05, 4.69) is 33.0 Å². The summed E-state index contributed by atoms with van der Waals surface area (Å²) in [6.07, 6.45) is 3.83. The van der Waals surface area contributed by atoms with Crippen LogP contribution < -0.4 is 5.32 Å². The molecule has 0 aromatic heterocycles. The molecule has 0 aliphatic carbocycles. The monoisotopic (exact) mass is 257 g/mol. The molecule has 3 heteroatoms. The van der Waals surface area contributed by atoms with Crippen molar-refractivity contribution >= 4 is 0 Å². The van der Waals surface area contributed by atoms with Crippen LogP contribution in [0.3, 0.4) is 0 Å². The lowest BCUT2D eigenvalue weighted by Crippen LogP contribution is -2.44. The van der Waals surface area contributed by atoms with E-state index in [0.717, 1.165) is 39.0 Å². The van der Waals surface area contributed by atoms with Gasteiger partial charge in [0.25, 0.3) is 0 Å². The SMILES string of the molecule is COCCC(C)(C)CNC1CCOC(C(C)C)C1. The fraction of sp³-hybridized carbons (Fsp3) is 1.00. The molecule has 2 atom stereocenters. The molecule has 1 N–H and O–H groups in total. The van der Waals surface area contributed by atoms with Gasteiger partial charge in [-0.05, 0) is 30.6 Å². The molecule has 18 heavy (non-hydrogen) atoms. The van der Waals surface area contributed by atoms with E-state index in [1.807, 2.05) is 0 Å². The van der Waals surface area contributed by atoms with Gasteiger partial charge in [0, 0.05) is 32.9 Å². The lowest BCUT2D eigenvalue weighted by molar-refractivity contribution is -0.0257. The molecule has 0 aromatic carbocycles. The van der Waals surface area contributed by atoms with E-state index in [1.54, 1.807) is 7.11 Å². The summed E-state index contributed by atoms with van der Waals surface area (Å²) in [5.41, 5.74) is 0.307. The first-order valence-electron chi connectivity index (χ1n) is 7.28. The Bertz CT molecular complexity index is 229. The number of ether oxygens (including phenoxy) is 2. The highest BCUT2D eigenvalue weighted by atomic mass is 16.5. The largest absolute Gasteiger partial charge is 0.385 e. The highest BCUT2D eigenvalue weighted by molar-refractivity contribution is 4.81. The minimum absolute atomic E-state index is 0.307. The minimum Gasteiger partial charge on any atom is -0.385 e. The third kappa shape index (κ3) is 5.68. The first-order chi connectivity index (χ1) is 8.44. The average molecular weight is 257 g/mol. The molecule has 0 radical (unpaired) electrons. The Labute approximate surface area is 113 Å². The molecule has 108 valence electrons. The molecular weight excluding hydrogens is 226 g/mol. The van der Waals surface area contributed by atoms with E-state index in [1.165, 1.54) is 0 Å². The molecule has 3 nitrogen and oxygen atoms in total. The molecule has 0 bridgehead atoms. The van der Waals surface area contributed by atoms with Gasteiger partial charge in [0.15, 0.2) is 0 Å². The second-order valence-electron chi connectivity index (χ2n) is 6.66. The van der Waals surface area contributed by atoms with Gasteiger partial charge in [-0.1, -0.05) is 27.7 Å². The third-order valence-electron chi connectivity index (χ3n) is 3.91. The van der Waals surface area contributed by atoms with E-state index >= 15 is 0 Å². The Morgan fingerprint density at radius 2 is 2.11 bits per heavy atom. The van der Waals surface area contributed by atoms with Gasteiger partial charge in [-0.15, -0.1) is 0 Å². The highest BCUT2D eigenvalue weighted by Crippen LogP contribution is 2.23. The normalized spacial score (nSPS) is 25.7. The van der Waals surface area contributed by atoms with E-state index in [9.17, 15) is 0 Å². The third-order valence-corrected chi connectivity index (χ3v) is 3.91. The minimum atomic E-state index is 0.307. The number of methoxy groups -OCH3 is 1. The van der Waals surface area contributed by atoms with Gasteiger partial charge < -0.3 is 14.8 Å². The molecule has 0 spiro atoms. The maximum atomic E-state index is 5.81. The smallest absolute Gasteiger partial charge is 0.0612 e. The zero-order valence-electron chi connectivity index (χ0n) is 12.8. The molecule has 0 amide bonds. The van der Waals surface area contributed by atoms with Crippen molar-refractivity contribution in [2.75, 3.05) is 26.9 Å². The van der Waals surface area contributed by atoms with Crippen LogP contribution in [0.2, 0.25) is 0 Å². The molecule has 0 saturated carbocycles. The summed E-state index contributed by atoms with van der Waals surface area (Å²) in [7, 11) is 1.77. The zero-order valence-corrected chi connectivity index (χ0v) is 12.8. The summed E-state index contributed by atoms with van der Waals surface area (Å²) in [5.74, 6) is 0.621. The fourth-order valence-corrected chi connectivity index (χ4v) is 2.37. The van der Waals surface area contributed by atoms with Gasteiger partial charge in [0.05, 0.1) is 6.10 Å². The van der Waals surface area contributed by atoms with Crippen molar-refractivity contribution in [3.8, 4) is 0 Å². The van der Waals surface area contributed by atoms with Gasteiger partial charge in [0.2, 0.25) is 0 Å². The molecule has 1 saturated heterocycles. The van der Waals surface area contributed by atoms with Crippen LogP contribution in [0.15, 0.2) is 0 Å². The van der Waals surface area contributed by atoms with Crippen LogP contribution in [-0.4, -0.2) is 39.0 Å². The predicted molar refractivity (Wildman–Crippen MR) is 75.9 cm³/mol. The van der Waals surface area contributed by atoms with Crippen molar-refractivity contribution < 1.29 is 9.47 Å². The van der Waals surface area contributed by atoms with Gasteiger partial charge in [0.1, 0.15) is 0 Å². The highest BCUT2D eigenvalue weighted by Gasteiger charge is 2.26. The van der Waals surface area contributed by atoms with Gasteiger partial charge >= 0.3 is 0 Å². The number of rotatable bonds is 7. The summed E-state index contributed by atoms with van der Waals surface area (Å²) in [5, 5.41) is 3.72. The zero-order chi connectivity index (χ0) is 13.6. The van der Waals surface area contributed by atoms with Crippen LogP contribution in [0.5, 0.6) is 0 Å². The molecular formula is C15H31NO2. The lowest BCUT2D eigenvalue weighted by atomic mass is 9.88. The van der Waals surface area contributed by atoms with Crippen LogP contribution in [0.1, 0.15) is 47.0 Å². The van der Waals surface area contributed by atoms with Crippen molar-refractivity contribution in [3.63, 3.8) is 0 Å². The summed E-state index contributed by atoms with van der Waals surface area (Å²) in [4.78, 5) is 0. The maximum Gasteiger partial charge on any atom is 0.0612 e. The van der Waals surface area contributed by atoms with Crippen molar-refractivity contribution in [1.29, 1.82) is 0 Å². The fourth-order valence-electron chi connectivity index (χ4n) is 2.37. The van der Waals surface area contributed by atoms with E-state index < -0.39 is 0 Å². The van der Waals surface area contributed by atoms with Crippen molar-refractivity contribution in [1.82, 2.24) is 5.32 Å². The van der Waals surface area contributed by atoms with Crippen LogP contribution in [0, 0.1) is 11.3 Å². The van der Waals surface area contributed by atoms with Crippen molar-refractivity contribution in [2.24, 2.45) is 11.3 Å². The second-order valence-corrected chi connectivity index (χ2v) is 6.66. The van der Waals surface area contributed by atoms with Crippen LogP contribution in [0.25, 0.3) is 0 Å². The molecule has 1 rings (SSSR count). The Morgan fingerprint density at radius 3 is 2.72 bits per heavy atom. The average Bonchev–Trinajstić information content (AvgIpc) is 2.34. The number of nitrogens with one attached hydrogen (secondary N) is 1. The van der Waals surface area contributed by atoms with E-state index in [4.69, 9.17) is 9.47 Å². The summed E-state index contributed by atoms with van der Waals surface area (Å²) in [6, 6.07) is 0.618. The number of hydrogen-bond acceptors (Lipinski definition) is 3. The summed E-state index contributed by atoms with van der Waals surface area (Å²) < 4.78 is 11.0. The van der Waals surface area contributed by atoms with Gasteiger partial charge in [-0.2, -0.15) is 0 Å². The Kier molecular flexibility index (Phi) is 6.61. The topological polar surface area (TPSA) is 30.5 Å². The standard InChI is InChI=1S/C15H31NO2/c1-12(2)14-10-13(6-8-18-14)16-11-15(3,4)7-9-17-5/h12-14,16H,6-11H2,1-5H3. The van der Waals surface area contributed by atoms with Crippen molar-refractivity contribution in [2.45, 2.75) is 59.1 Å². The second kappa shape index (κ2) is 7.46. The lowest BCUT2D eigenvalue weighted by Gasteiger charge is -2.35. The van der Waals surface area contributed by atoms with Crippen molar-refractivity contribution in [3.05, 3.63) is 0 Å². The number of hydrogen-bond donors (Lipinski definition) is 1. The van der Waals surface area contributed by atoms with Gasteiger partial charge in [-0.25, -0.2) is 0 Å². The van der Waals surface area contributed by atoms with Crippen LogP contribution in [0.4, 0.5) is 0 Å². The predicted octanol–water partition coefficient (Wildman–Crippen LogP) is 2.84. The molecule has 1 aliphatic heterocycles. The maximum absolute atomic E-state index is 5.81. The quantitative estimate of drug-likeness (QED) is 0.761.